The maximum absolute atomic E-state index is 13.0. The van der Waals surface area contributed by atoms with Crippen LogP contribution >= 0.6 is 0 Å². The van der Waals surface area contributed by atoms with Gasteiger partial charge in [0.25, 0.3) is 5.91 Å². The average Bonchev–Trinajstić information content (AvgIpc) is 3.20. The van der Waals surface area contributed by atoms with Gasteiger partial charge in [0, 0.05) is 37.8 Å². The third kappa shape index (κ3) is 5.07. The molecule has 2 N–H and O–H groups in total. The Morgan fingerprint density at radius 1 is 1.04 bits per heavy atom. The van der Waals surface area contributed by atoms with Crippen LogP contribution in [-0.4, -0.2) is 65.9 Å². The van der Waals surface area contributed by atoms with Crippen molar-refractivity contribution in [1.29, 1.82) is 0 Å². The standard InChI is InChI=1S/C20H27FN4O3/c1-14(18(26)23-20(28)22-17-4-2-3-5-17)24-10-12-25(13-11-24)19(27)15-6-8-16(21)9-7-15/h6-9,14,17H,2-5,10-13H2,1H3,(H2,22,23,26,28). The van der Waals surface area contributed by atoms with Crippen LogP contribution in [0.25, 0.3) is 0 Å². The van der Waals surface area contributed by atoms with Crippen LogP contribution in [-0.2, 0) is 4.79 Å². The molecular formula is C20H27FN4O3. The fraction of sp³-hybridized carbons (Fsp3) is 0.550. The second-order valence-electron chi connectivity index (χ2n) is 7.46. The molecule has 2 aliphatic rings. The molecule has 2 fully saturated rings. The molecule has 28 heavy (non-hydrogen) atoms. The molecule has 1 unspecified atom stereocenters. The van der Waals surface area contributed by atoms with E-state index >= 15 is 0 Å². The van der Waals surface area contributed by atoms with E-state index in [0.717, 1.165) is 25.7 Å². The zero-order valence-corrected chi connectivity index (χ0v) is 16.1. The maximum Gasteiger partial charge on any atom is 0.321 e. The van der Waals surface area contributed by atoms with Crippen molar-refractivity contribution >= 4 is 17.8 Å². The van der Waals surface area contributed by atoms with Crippen molar-refractivity contribution in [2.24, 2.45) is 0 Å². The molecule has 1 saturated heterocycles. The Morgan fingerprint density at radius 2 is 1.64 bits per heavy atom. The highest BCUT2D eigenvalue weighted by molar-refractivity contribution is 5.97. The van der Waals surface area contributed by atoms with Gasteiger partial charge in [0.05, 0.1) is 6.04 Å². The first-order valence-electron chi connectivity index (χ1n) is 9.84. The first-order valence-corrected chi connectivity index (χ1v) is 9.84. The summed E-state index contributed by atoms with van der Waals surface area (Å²) in [6.07, 6.45) is 4.13. The number of benzene rings is 1. The van der Waals surface area contributed by atoms with E-state index in [1.165, 1.54) is 24.3 Å². The van der Waals surface area contributed by atoms with Crippen LogP contribution in [0.5, 0.6) is 0 Å². The highest BCUT2D eigenvalue weighted by atomic mass is 19.1. The SMILES string of the molecule is CC(C(=O)NC(=O)NC1CCCC1)N1CCN(C(=O)c2ccc(F)cc2)CC1. The zero-order valence-electron chi connectivity index (χ0n) is 16.1. The van der Waals surface area contributed by atoms with Crippen molar-refractivity contribution in [2.45, 2.75) is 44.7 Å². The van der Waals surface area contributed by atoms with Crippen LogP contribution in [0, 0.1) is 5.82 Å². The van der Waals surface area contributed by atoms with Gasteiger partial charge < -0.3 is 10.2 Å². The number of imide groups is 1. The van der Waals surface area contributed by atoms with Gasteiger partial charge in [-0.3, -0.25) is 19.8 Å². The molecule has 1 aromatic carbocycles. The van der Waals surface area contributed by atoms with Crippen LogP contribution in [0.4, 0.5) is 9.18 Å². The number of nitrogens with zero attached hydrogens (tertiary/aromatic N) is 2. The highest BCUT2D eigenvalue weighted by Crippen LogP contribution is 2.17. The minimum atomic E-state index is -0.461. The molecule has 0 spiro atoms. The van der Waals surface area contributed by atoms with Crippen LogP contribution < -0.4 is 10.6 Å². The van der Waals surface area contributed by atoms with Gasteiger partial charge in [0.15, 0.2) is 0 Å². The van der Waals surface area contributed by atoms with Crippen LogP contribution in [0.2, 0.25) is 0 Å². The minimum absolute atomic E-state index is 0.146. The van der Waals surface area contributed by atoms with Gasteiger partial charge in [-0.05, 0) is 44.0 Å². The Bertz CT molecular complexity index is 711. The average molecular weight is 390 g/mol. The number of nitrogens with one attached hydrogen (secondary N) is 2. The second kappa shape index (κ2) is 9.14. The highest BCUT2D eigenvalue weighted by Gasteiger charge is 2.29. The smallest absolute Gasteiger partial charge is 0.321 e. The summed E-state index contributed by atoms with van der Waals surface area (Å²) in [6.45, 7) is 3.78. The minimum Gasteiger partial charge on any atom is -0.336 e. The Labute approximate surface area is 164 Å². The lowest BCUT2D eigenvalue weighted by molar-refractivity contribution is -0.125. The third-order valence-electron chi connectivity index (χ3n) is 5.55. The van der Waals surface area contributed by atoms with Crippen molar-refractivity contribution < 1.29 is 18.8 Å². The number of hydrogen-bond donors (Lipinski definition) is 2. The second-order valence-corrected chi connectivity index (χ2v) is 7.46. The van der Waals surface area contributed by atoms with E-state index in [1.54, 1.807) is 11.8 Å². The predicted molar refractivity (Wildman–Crippen MR) is 102 cm³/mol. The van der Waals surface area contributed by atoms with E-state index < -0.39 is 12.1 Å². The number of amides is 4. The summed E-state index contributed by atoms with van der Waals surface area (Å²) in [7, 11) is 0. The maximum atomic E-state index is 13.0. The van der Waals surface area contributed by atoms with Crippen molar-refractivity contribution in [1.82, 2.24) is 20.4 Å². The molecule has 152 valence electrons. The monoisotopic (exact) mass is 390 g/mol. The molecule has 8 heteroatoms. The van der Waals surface area contributed by atoms with Gasteiger partial charge in [-0.1, -0.05) is 12.8 Å². The van der Waals surface area contributed by atoms with Crippen LogP contribution in [0.15, 0.2) is 24.3 Å². The normalized spacial score (nSPS) is 19.3. The Morgan fingerprint density at radius 3 is 2.25 bits per heavy atom. The number of hydrogen-bond acceptors (Lipinski definition) is 4. The summed E-state index contributed by atoms with van der Waals surface area (Å²) >= 11 is 0. The van der Waals surface area contributed by atoms with Crippen LogP contribution in [0.1, 0.15) is 43.0 Å². The van der Waals surface area contributed by atoms with Gasteiger partial charge >= 0.3 is 6.03 Å². The molecule has 4 amide bonds. The molecule has 0 bridgehead atoms. The van der Waals surface area contributed by atoms with Crippen molar-refractivity contribution in [3.05, 3.63) is 35.6 Å². The zero-order chi connectivity index (χ0) is 20.1. The molecule has 1 atom stereocenters. The van der Waals surface area contributed by atoms with E-state index in [1.807, 2.05) is 4.90 Å². The molecule has 1 aliphatic carbocycles. The summed E-state index contributed by atoms with van der Waals surface area (Å²) in [6, 6.07) is 4.75. The van der Waals surface area contributed by atoms with E-state index in [0.29, 0.717) is 31.7 Å². The van der Waals surface area contributed by atoms with Gasteiger partial charge in [0.1, 0.15) is 5.82 Å². The van der Waals surface area contributed by atoms with Gasteiger partial charge in [-0.15, -0.1) is 0 Å². The van der Waals surface area contributed by atoms with Gasteiger partial charge in [0.2, 0.25) is 5.91 Å². The van der Waals surface area contributed by atoms with Crippen molar-refractivity contribution in [2.75, 3.05) is 26.2 Å². The molecule has 3 rings (SSSR count). The van der Waals surface area contributed by atoms with E-state index in [2.05, 4.69) is 10.6 Å². The first-order chi connectivity index (χ1) is 13.4. The third-order valence-corrected chi connectivity index (χ3v) is 5.55. The molecule has 7 nitrogen and oxygen atoms in total. The molecule has 0 aromatic heterocycles. The number of piperazine rings is 1. The largest absolute Gasteiger partial charge is 0.336 e. The summed E-state index contributed by atoms with van der Waals surface area (Å²) in [5, 5.41) is 5.26. The van der Waals surface area contributed by atoms with E-state index in [-0.39, 0.29) is 23.7 Å². The fourth-order valence-corrected chi connectivity index (χ4v) is 3.76. The number of halogens is 1. The van der Waals surface area contributed by atoms with E-state index in [9.17, 15) is 18.8 Å². The Balaban J connectivity index is 1.45. The molecule has 1 aliphatic heterocycles. The number of urea groups is 1. The Kier molecular flexibility index (Phi) is 6.61. The van der Waals surface area contributed by atoms with Gasteiger partial charge in [-0.25, -0.2) is 9.18 Å². The lowest BCUT2D eigenvalue weighted by Gasteiger charge is -2.37. The van der Waals surface area contributed by atoms with Crippen LogP contribution in [0.3, 0.4) is 0 Å². The number of rotatable bonds is 4. The summed E-state index contributed by atoms with van der Waals surface area (Å²) in [5.41, 5.74) is 0.448. The first kappa shape index (κ1) is 20.3. The van der Waals surface area contributed by atoms with Gasteiger partial charge in [-0.2, -0.15) is 0 Å². The molecule has 1 aromatic rings. The number of carbonyl (C=O) groups excluding carboxylic acids is 3. The molecular weight excluding hydrogens is 363 g/mol. The molecule has 0 radical (unpaired) electrons. The topological polar surface area (TPSA) is 81.8 Å². The quantitative estimate of drug-likeness (QED) is 0.821. The summed E-state index contributed by atoms with van der Waals surface area (Å²) in [4.78, 5) is 40.5. The van der Waals surface area contributed by atoms with E-state index in [4.69, 9.17) is 0 Å². The van der Waals surface area contributed by atoms with Crippen molar-refractivity contribution in [3.8, 4) is 0 Å². The lowest BCUT2D eigenvalue weighted by Crippen LogP contribution is -2.56. The summed E-state index contributed by atoms with van der Waals surface area (Å²) in [5.74, 6) is -0.861. The number of carbonyl (C=O) groups is 3. The summed E-state index contributed by atoms with van der Waals surface area (Å²) < 4.78 is 13.0. The molecule has 1 saturated carbocycles. The van der Waals surface area contributed by atoms with Crippen molar-refractivity contribution in [3.63, 3.8) is 0 Å². The Hall–Kier alpha value is -2.48. The lowest BCUT2D eigenvalue weighted by atomic mass is 10.1. The fourth-order valence-electron chi connectivity index (χ4n) is 3.76. The molecule has 1 heterocycles. The predicted octanol–water partition coefficient (Wildman–Crippen LogP) is 1.74.